The molecular weight excluding hydrogens is 453 g/mol. The van der Waals surface area contributed by atoms with E-state index in [2.05, 4.69) is 25.8 Å². The zero-order chi connectivity index (χ0) is 24.2. The molecule has 0 spiro atoms. The number of halogens is 3. The van der Waals surface area contributed by atoms with Crippen molar-refractivity contribution in [1.82, 2.24) is 9.88 Å². The van der Waals surface area contributed by atoms with Gasteiger partial charge in [-0.3, -0.25) is 4.79 Å². The van der Waals surface area contributed by atoms with Crippen LogP contribution in [-0.4, -0.2) is 36.8 Å². The molecule has 1 aromatic heterocycles. The lowest BCUT2D eigenvalue weighted by Crippen LogP contribution is -2.38. The van der Waals surface area contributed by atoms with Crippen molar-refractivity contribution in [2.45, 2.75) is 62.9 Å². The van der Waals surface area contributed by atoms with Crippen LogP contribution in [0.15, 0.2) is 47.4 Å². The van der Waals surface area contributed by atoms with E-state index in [9.17, 15) is 26.4 Å². The Hall–Kier alpha value is -2.42. The summed E-state index contributed by atoms with van der Waals surface area (Å²) in [5.41, 5.74) is -0.572. The van der Waals surface area contributed by atoms with E-state index >= 15 is 0 Å². The zero-order valence-corrected chi connectivity index (χ0v) is 19.6. The summed E-state index contributed by atoms with van der Waals surface area (Å²) >= 11 is 0. The molecule has 0 unspecified atom stereocenters. The molecule has 1 aliphatic carbocycles. The predicted octanol–water partition coefficient (Wildman–Crippen LogP) is 5.12. The van der Waals surface area contributed by atoms with Crippen molar-refractivity contribution in [3.05, 3.63) is 59.4 Å². The lowest BCUT2D eigenvalue weighted by molar-refractivity contribution is -0.137. The van der Waals surface area contributed by atoms with Crippen molar-refractivity contribution in [1.29, 1.82) is 0 Å². The number of sulfone groups is 1. The summed E-state index contributed by atoms with van der Waals surface area (Å²) < 4.78 is 64.5. The summed E-state index contributed by atoms with van der Waals surface area (Å²) in [5.74, 6) is -0.830. The van der Waals surface area contributed by atoms with Gasteiger partial charge < -0.3 is 4.90 Å². The van der Waals surface area contributed by atoms with Gasteiger partial charge in [-0.15, -0.1) is 0 Å². The quantitative estimate of drug-likeness (QED) is 0.610. The Kier molecular flexibility index (Phi) is 5.62. The molecule has 2 aromatic rings. The van der Waals surface area contributed by atoms with Gasteiger partial charge in [-0.05, 0) is 60.4 Å². The molecule has 1 saturated heterocycles. The van der Waals surface area contributed by atoms with E-state index in [1.165, 1.54) is 6.07 Å². The maximum atomic E-state index is 13.3. The fraction of sp³-hybridized carbons (Fsp3) is 0.500. The second-order valence-corrected chi connectivity index (χ2v) is 12.4. The van der Waals surface area contributed by atoms with Crippen LogP contribution in [0, 0.1) is 10.8 Å². The Labute approximate surface area is 191 Å². The van der Waals surface area contributed by atoms with Crippen molar-refractivity contribution < 1.29 is 26.4 Å². The first-order valence-corrected chi connectivity index (χ1v) is 12.5. The molecular formula is C24H27F3N2O3S. The molecule has 178 valence electrons. The molecule has 1 amide bonds. The number of alkyl halides is 3. The number of hydrogen-bond acceptors (Lipinski definition) is 4. The van der Waals surface area contributed by atoms with Crippen molar-refractivity contribution in [2.75, 3.05) is 6.54 Å². The van der Waals surface area contributed by atoms with E-state index in [-0.39, 0.29) is 34.2 Å². The van der Waals surface area contributed by atoms with Gasteiger partial charge in [0.05, 0.1) is 21.9 Å². The Bertz CT molecular complexity index is 1190. The van der Waals surface area contributed by atoms with Crippen molar-refractivity contribution >= 4 is 15.7 Å². The third-order valence-corrected chi connectivity index (χ3v) is 8.21. The van der Waals surface area contributed by atoms with Gasteiger partial charge in [-0.25, -0.2) is 13.4 Å². The minimum atomic E-state index is -4.64. The van der Waals surface area contributed by atoms with Gasteiger partial charge in [0.1, 0.15) is 5.69 Å². The molecule has 2 bridgehead atoms. The number of rotatable bonds is 4. The SMILES string of the molecule is CC1(C)C[C@@H]2C[C@@](C)(CN2C(=O)c2cccc(CS(=O)(=O)c3cccc(C(F)(F)F)c3)n2)C1. The minimum Gasteiger partial charge on any atom is -0.334 e. The van der Waals surface area contributed by atoms with Crippen LogP contribution >= 0.6 is 0 Å². The number of likely N-dealkylation sites (tertiary alicyclic amines) is 1. The summed E-state index contributed by atoms with van der Waals surface area (Å²) in [6.07, 6.45) is -1.78. The summed E-state index contributed by atoms with van der Waals surface area (Å²) in [5, 5.41) is 0. The van der Waals surface area contributed by atoms with E-state index < -0.39 is 32.2 Å². The topological polar surface area (TPSA) is 67.3 Å². The average Bonchev–Trinajstić information content (AvgIpc) is 2.95. The Morgan fingerprint density at radius 2 is 1.82 bits per heavy atom. The predicted molar refractivity (Wildman–Crippen MR) is 117 cm³/mol. The van der Waals surface area contributed by atoms with Gasteiger partial charge >= 0.3 is 6.18 Å². The molecule has 2 atom stereocenters. The Balaban J connectivity index is 1.56. The van der Waals surface area contributed by atoms with Gasteiger partial charge in [0.25, 0.3) is 5.91 Å². The first-order valence-electron chi connectivity index (χ1n) is 10.8. The number of pyridine rings is 1. The first kappa shape index (κ1) is 23.7. The van der Waals surface area contributed by atoms with E-state index in [1.54, 1.807) is 12.1 Å². The lowest BCUT2D eigenvalue weighted by atomic mass is 9.65. The normalized spacial score (nSPS) is 24.7. The molecule has 9 heteroatoms. The monoisotopic (exact) mass is 480 g/mol. The van der Waals surface area contributed by atoms with Crippen molar-refractivity contribution in [2.24, 2.45) is 10.8 Å². The number of fused-ring (bicyclic) bond motifs is 2. The standard InChI is InChI=1S/C24H27F3N2O3S/c1-22(2)11-18-12-23(3,14-22)15-29(18)21(30)20-9-5-7-17(28-20)13-33(31,32)19-8-4-6-16(10-19)24(25,26)27/h4-10,18H,11-15H2,1-3H3/t18-,23-/m1/s1. The molecule has 1 saturated carbocycles. The average molecular weight is 481 g/mol. The van der Waals surface area contributed by atoms with Gasteiger partial charge in [0.2, 0.25) is 0 Å². The first-order chi connectivity index (χ1) is 15.2. The lowest BCUT2D eigenvalue weighted by Gasteiger charge is -2.39. The maximum Gasteiger partial charge on any atom is 0.416 e. The summed E-state index contributed by atoms with van der Waals surface area (Å²) in [4.78, 5) is 19.0. The second kappa shape index (κ2) is 7.82. The van der Waals surface area contributed by atoms with Crippen LogP contribution in [0.2, 0.25) is 0 Å². The van der Waals surface area contributed by atoms with E-state index in [4.69, 9.17) is 0 Å². The molecule has 4 rings (SSSR count). The smallest absolute Gasteiger partial charge is 0.334 e. The summed E-state index contributed by atoms with van der Waals surface area (Å²) in [7, 11) is -4.08. The molecule has 0 radical (unpaired) electrons. The van der Waals surface area contributed by atoms with Crippen LogP contribution < -0.4 is 0 Å². The molecule has 33 heavy (non-hydrogen) atoms. The van der Waals surface area contributed by atoms with Crippen LogP contribution in [0.4, 0.5) is 13.2 Å². The molecule has 0 N–H and O–H groups in total. The van der Waals surface area contributed by atoms with Crippen molar-refractivity contribution in [3.63, 3.8) is 0 Å². The highest BCUT2D eigenvalue weighted by atomic mass is 32.2. The highest BCUT2D eigenvalue weighted by molar-refractivity contribution is 7.90. The van der Waals surface area contributed by atoms with Crippen LogP contribution in [0.1, 0.15) is 61.8 Å². The molecule has 1 aliphatic heterocycles. The number of amides is 1. The summed E-state index contributed by atoms with van der Waals surface area (Å²) in [6, 6.07) is 8.34. The van der Waals surface area contributed by atoms with Gasteiger partial charge in [-0.2, -0.15) is 13.2 Å². The molecule has 1 aromatic carbocycles. The zero-order valence-electron chi connectivity index (χ0n) is 18.8. The van der Waals surface area contributed by atoms with E-state index in [0.29, 0.717) is 12.6 Å². The molecule has 2 aliphatic rings. The number of hydrogen-bond donors (Lipinski definition) is 0. The number of carbonyl (C=O) groups excluding carboxylic acids is 1. The maximum absolute atomic E-state index is 13.3. The van der Waals surface area contributed by atoms with Gasteiger partial charge in [0, 0.05) is 12.6 Å². The fourth-order valence-electron chi connectivity index (χ4n) is 5.67. The number of nitrogens with zero attached hydrogens (tertiary/aromatic N) is 2. The molecule has 2 fully saturated rings. The third kappa shape index (κ3) is 4.93. The van der Waals surface area contributed by atoms with E-state index in [1.807, 2.05) is 4.90 Å². The van der Waals surface area contributed by atoms with Gasteiger partial charge in [0.15, 0.2) is 9.84 Å². The number of carbonyl (C=O) groups is 1. The number of benzene rings is 1. The second-order valence-electron chi connectivity index (χ2n) is 10.4. The minimum absolute atomic E-state index is 0.0481. The van der Waals surface area contributed by atoms with Crippen LogP contribution in [0.3, 0.4) is 0 Å². The van der Waals surface area contributed by atoms with Crippen molar-refractivity contribution in [3.8, 4) is 0 Å². The molecule has 2 heterocycles. The Morgan fingerprint density at radius 1 is 1.12 bits per heavy atom. The fourth-order valence-corrected chi connectivity index (χ4v) is 6.98. The highest BCUT2D eigenvalue weighted by Gasteiger charge is 2.51. The van der Waals surface area contributed by atoms with Crippen LogP contribution in [-0.2, 0) is 21.8 Å². The molecule has 5 nitrogen and oxygen atoms in total. The highest BCUT2D eigenvalue weighted by Crippen LogP contribution is 2.52. The van der Waals surface area contributed by atoms with E-state index in [0.717, 1.165) is 37.5 Å². The Morgan fingerprint density at radius 3 is 2.52 bits per heavy atom. The van der Waals surface area contributed by atoms with Gasteiger partial charge in [-0.1, -0.05) is 32.9 Å². The van der Waals surface area contributed by atoms with Crippen LogP contribution in [0.25, 0.3) is 0 Å². The third-order valence-electron chi connectivity index (χ3n) is 6.56. The van der Waals surface area contributed by atoms with Crippen LogP contribution in [0.5, 0.6) is 0 Å². The summed E-state index contributed by atoms with van der Waals surface area (Å²) in [6.45, 7) is 7.25. The number of aromatic nitrogens is 1. The largest absolute Gasteiger partial charge is 0.416 e.